The number of nitrogens with zero attached hydrogens (tertiary/aromatic N) is 3. The van der Waals surface area contributed by atoms with Crippen molar-refractivity contribution >= 4 is 28.8 Å². The molecule has 0 aliphatic rings. The predicted molar refractivity (Wildman–Crippen MR) is 98.3 cm³/mol. The molecule has 0 aliphatic heterocycles. The Morgan fingerprint density at radius 3 is 2.88 bits per heavy atom. The van der Waals surface area contributed by atoms with Crippen LogP contribution in [-0.2, 0) is 6.54 Å². The summed E-state index contributed by atoms with van der Waals surface area (Å²) in [6.07, 6.45) is 1.52. The van der Waals surface area contributed by atoms with E-state index in [1.165, 1.54) is 28.1 Å². The Bertz CT molecular complexity index is 1090. The summed E-state index contributed by atoms with van der Waals surface area (Å²) in [7, 11) is 0. The molecule has 0 fully saturated rings. The monoisotopic (exact) mass is 367 g/mol. The number of nitrogen functional groups attached to an aromatic ring is 1. The molecular weight excluding hydrogens is 353 g/mol. The highest BCUT2D eigenvalue weighted by Gasteiger charge is 2.14. The lowest BCUT2D eigenvalue weighted by molar-refractivity contribution is 0.0955. The second-order valence-corrected chi connectivity index (χ2v) is 6.59. The number of amides is 1. The SMILES string of the molecule is Nc1nc2cc(F)c(-c3csc(C(=O)NCc4ccccc4)c3)cn2n1. The minimum Gasteiger partial charge on any atom is -0.366 e. The van der Waals surface area contributed by atoms with E-state index in [-0.39, 0.29) is 11.9 Å². The largest absolute Gasteiger partial charge is 0.366 e. The summed E-state index contributed by atoms with van der Waals surface area (Å²) in [5, 5.41) is 8.59. The molecule has 0 spiro atoms. The summed E-state index contributed by atoms with van der Waals surface area (Å²) in [6, 6.07) is 12.6. The Hall–Kier alpha value is -3.26. The second kappa shape index (κ2) is 6.57. The normalized spacial score (nSPS) is 11.0. The summed E-state index contributed by atoms with van der Waals surface area (Å²) in [5.41, 5.74) is 7.82. The standard InChI is InChI=1S/C18H14FN5OS/c19-14-7-16-22-18(20)23-24(16)9-13(14)12-6-15(26-10-12)17(25)21-8-11-4-2-1-3-5-11/h1-7,9-10H,8H2,(H2,20,23)(H,21,25). The fourth-order valence-electron chi connectivity index (χ4n) is 2.60. The number of halogens is 1. The van der Waals surface area contributed by atoms with Gasteiger partial charge in [0, 0.05) is 24.4 Å². The van der Waals surface area contributed by atoms with Gasteiger partial charge in [-0.05, 0) is 22.6 Å². The maximum Gasteiger partial charge on any atom is 0.261 e. The Balaban J connectivity index is 1.56. The van der Waals surface area contributed by atoms with Crippen molar-refractivity contribution in [3.63, 3.8) is 0 Å². The Morgan fingerprint density at radius 1 is 1.27 bits per heavy atom. The van der Waals surface area contributed by atoms with Crippen molar-refractivity contribution in [3.8, 4) is 11.1 Å². The molecule has 1 aromatic carbocycles. The van der Waals surface area contributed by atoms with Crippen molar-refractivity contribution in [3.05, 3.63) is 70.3 Å². The van der Waals surface area contributed by atoms with Crippen molar-refractivity contribution in [2.45, 2.75) is 6.54 Å². The molecule has 0 saturated heterocycles. The van der Waals surface area contributed by atoms with E-state index in [1.54, 1.807) is 11.4 Å². The summed E-state index contributed by atoms with van der Waals surface area (Å²) in [6.45, 7) is 0.436. The molecule has 26 heavy (non-hydrogen) atoms. The van der Waals surface area contributed by atoms with E-state index in [9.17, 15) is 9.18 Å². The molecule has 0 bridgehead atoms. The second-order valence-electron chi connectivity index (χ2n) is 5.68. The van der Waals surface area contributed by atoms with E-state index in [1.807, 2.05) is 30.3 Å². The molecule has 0 radical (unpaired) electrons. The van der Waals surface area contributed by atoms with Gasteiger partial charge < -0.3 is 11.1 Å². The number of carbonyl (C=O) groups is 1. The minimum atomic E-state index is -0.445. The zero-order valence-corrected chi connectivity index (χ0v) is 14.3. The van der Waals surface area contributed by atoms with Crippen LogP contribution in [0.4, 0.5) is 10.3 Å². The van der Waals surface area contributed by atoms with Crippen LogP contribution in [0, 0.1) is 5.82 Å². The number of anilines is 1. The van der Waals surface area contributed by atoms with Gasteiger partial charge in [0.2, 0.25) is 5.95 Å². The molecule has 4 aromatic rings. The van der Waals surface area contributed by atoms with E-state index in [4.69, 9.17) is 5.73 Å². The molecule has 1 amide bonds. The van der Waals surface area contributed by atoms with Crippen LogP contribution in [0.1, 0.15) is 15.2 Å². The van der Waals surface area contributed by atoms with Gasteiger partial charge in [-0.3, -0.25) is 4.79 Å². The van der Waals surface area contributed by atoms with Crippen LogP contribution < -0.4 is 11.1 Å². The zero-order chi connectivity index (χ0) is 18.1. The van der Waals surface area contributed by atoms with Gasteiger partial charge in [-0.25, -0.2) is 8.91 Å². The van der Waals surface area contributed by atoms with E-state index >= 15 is 0 Å². The first-order valence-corrected chi connectivity index (χ1v) is 8.70. The molecular formula is C18H14FN5OS. The summed E-state index contributed by atoms with van der Waals surface area (Å²) in [4.78, 5) is 16.8. The average molecular weight is 367 g/mol. The lowest BCUT2D eigenvalue weighted by Gasteiger charge is -2.03. The number of nitrogens with one attached hydrogen (secondary N) is 1. The van der Waals surface area contributed by atoms with Crippen molar-refractivity contribution in [1.29, 1.82) is 0 Å². The lowest BCUT2D eigenvalue weighted by Crippen LogP contribution is -2.21. The number of carbonyl (C=O) groups excluding carboxylic acids is 1. The predicted octanol–water partition coefficient (Wildman–Crippen LogP) is 3.11. The van der Waals surface area contributed by atoms with Crippen LogP contribution in [0.3, 0.4) is 0 Å². The van der Waals surface area contributed by atoms with E-state index in [2.05, 4.69) is 15.4 Å². The number of hydrogen-bond donors (Lipinski definition) is 2. The molecule has 8 heteroatoms. The molecule has 3 aromatic heterocycles. The first-order valence-electron chi connectivity index (χ1n) is 7.82. The molecule has 3 heterocycles. The van der Waals surface area contributed by atoms with Gasteiger partial charge >= 0.3 is 0 Å². The lowest BCUT2D eigenvalue weighted by atomic mass is 10.1. The zero-order valence-electron chi connectivity index (χ0n) is 13.5. The van der Waals surface area contributed by atoms with Crippen molar-refractivity contribution in [2.75, 3.05) is 5.73 Å². The van der Waals surface area contributed by atoms with Crippen molar-refractivity contribution in [2.24, 2.45) is 0 Å². The van der Waals surface area contributed by atoms with Crippen molar-refractivity contribution < 1.29 is 9.18 Å². The van der Waals surface area contributed by atoms with E-state index in [0.717, 1.165) is 5.56 Å². The smallest absolute Gasteiger partial charge is 0.261 e. The van der Waals surface area contributed by atoms with Gasteiger partial charge in [0.15, 0.2) is 5.65 Å². The highest BCUT2D eigenvalue weighted by molar-refractivity contribution is 7.12. The molecule has 0 saturated carbocycles. The van der Waals surface area contributed by atoms with Gasteiger partial charge in [-0.15, -0.1) is 16.4 Å². The topological polar surface area (TPSA) is 85.3 Å². The average Bonchev–Trinajstić information content (AvgIpc) is 3.25. The number of aromatic nitrogens is 3. The fourth-order valence-corrected chi connectivity index (χ4v) is 3.42. The van der Waals surface area contributed by atoms with Crippen LogP contribution >= 0.6 is 11.3 Å². The summed E-state index contributed by atoms with van der Waals surface area (Å²) in [5.74, 6) is -0.566. The number of pyridine rings is 1. The Labute approximate surface area is 152 Å². The summed E-state index contributed by atoms with van der Waals surface area (Å²) < 4.78 is 15.8. The molecule has 6 nitrogen and oxygen atoms in total. The molecule has 3 N–H and O–H groups in total. The third kappa shape index (κ3) is 3.14. The highest BCUT2D eigenvalue weighted by Crippen LogP contribution is 2.28. The van der Waals surface area contributed by atoms with E-state index < -0.39 is 5.82 Å². The van der Waals surface area contributed by atoms with Gasteiger partial charge in [0.25, 0.3) is 5.91 Å². The third-order valence-corrected chi connectivity index (χ3v) is 4.80. The molecule has 0 unspecified atom stereocenters. The molecule has 4 rings (SSSR count). The number of hydrogen-bond acceptors (Lipinski definition) is 5. The summed E-state index contributed by atoms with van der Waals surface area (Å²) >= 11 is 1.26. The number of thiophene rings is 1. The molecule has 0 atom stereocenters. The Kier molecular flexibility index (Phi) is 4.10. The molecule has 130 valence electrons. The van der Waals surface area contributed by atoms with E-state index in [0.29, 0.717) is 28.2 Å². The van der Waals surface area contributed by atoms with Crippen LogP contribution in [0.5, 0.6) is 0 Å². The Morgan fingerprint density at radius 2 is 2.08 bits per heavy atom. The van der Waals surface area contributed by atoms with Crippen LogP contribution in [0.15, 0.2) is 54.0 Å². The molecule has 0 aliphatic carbocycles. The number of rotatable bonds is 4. The highest BCUT2D eigenvalue weighted by atomic mass is 32.1. The number of nitrogens with two attached hydrogens (primary N) is 1. The first-order chi connectivity index (χ1) is 12.6. The van der Waals surface area contributed by atoms with Crippen molar-refractivity contribution in [1.82, 2.24) is 19.9 Å². The van der Waals surface area contributed by atoms with Gasteiger partial charge in [-0.1, -0.05) is 30.3 Å². The third-order valence-electron chi connectivity index (χ3n) is 3.87. The maximum absolute atomic E-state index is 14.4. The van der Waals surface area contributed by atoms with Crippen LogP contribution in [-0.4, -0.2) is 20.5 Å². The van der Waals surface area contributed by atoms with Gasteiger partial charge in [0.05, 0.1) is 4.88 Å². The fraction of sp³-hybridized carbons (Fsp3) is 0.0556. The minimum absolute atomic E-state index is 0.0767. The first kappa shape index (κ1) is 16.2. The van der Waals surface area contributed by atoms with Gasteiger partial charge in [-0.2, -0.15) is 4.98 Å². The maximum atomic E-state index is 14.4. The number of benzene rings is 1. The van der Waals surface area contributed by atoms with Gasteiger partial charge in [0.1, 0.15) is 5.82 Å². The van der Waals surface area contributed by atoms with Crippen LogP contribution in [0.25, 0.3) is 16.8 Å². The quantitative estimate of drug-likeness (QED) is 0.580. The van der Waals surface area contributed by atoms with Crippen LogP contribution in [0.2, 0.25) is 0 Å². The number of fused-ring (bicyclic) bond motifs is 1.